The van der Waals surface area contributed by atoms with Crippen LogP contribution in [0, 0.1) is 5.92 Å². The Morgan fingerprint density at radius 3 is 2.83 bits per heavy atom. The van der Waals surface area contributed by atoms with Crippen molar-refractivity contribution in [2.24, 2.45) is 11.7 Å². The predicted octanol–water partition coefficient (Wildman–Crippen LogP) is 2.18. The molecule has 1 aliphatic heterocycles. The van der Waals surface area contributed by atoms with Gasteiger partial charge in [0.05, 0.1) is 5.92 Å². The van der Waals surface area contributed by atoms with E-state index in [2.05, 4.69) is 17.2 Å². The van der Waals surface area contributed by atoms with E-state index in [9.17, 15) is 9.59 Å². The number of piperidine rings is 1. The zero-order valence-corrected chi connectivity index (χ0v) is 15.9. The Balaban J connectivity index is 0.00000288. The monoisotopic (exact) mass is 374 g/mol. The van der Waals surface area contributed by atoms with Gasteiger partial charge in [-0.3, -0.25) is 9.59 Å². The fourth-order valence-corrected chi connectivity index (χ4v) is 3.44. The van der Waals surface area contributed by atoms with Gasteiger partial charge in [0, 0.05) is 31.1 Å². The molecule has 136 valence electrons. The van der Waals surface area contributed by atoms with Crippen LogP contribution in [0.4, 0.5) is 0 Å². The SMILES string of the molecule is CCCCNC(=O)C1CCC(C)N(C(=O)c2csc(CN)n2)C1.Cl. The summed E-state index contributed by atoms with van der Waals surface area (Å²) in [6.45, 7) is 5.64. The number of rotatable bonds is 6. The highest BCUT2D eigenvalue weighted by Crippen LogP contribution is 2.24. The van der Waals surface area contributed by atoms with E-state index < -0.39 is 0 Å². The Bertz CT molecular complexity index is 552. The second kappa shape index (κ2) is 9.96. The molecule has 8 heteroatoms. The lowest BCUT2D eigenvalue weighted by atomic mass is 9.92. The number of amides is 2. The van der Waals surface area contributed by atoms with Crippen LogP contribution < -0.4 is 11.1 Å². The number of aromatic nitrogens is 1. The summed E-state index contributed by atoms with van der Waals surface area (Å²) in [6, 6.07) is 0.130. The third-order valence-electron chi connectivity index (χ3n) is 4.29. The fraction of sp³-hybridized carbons (Fsp3) is 0.688. The number of carbonyl (C=O) groups excluding carboxylic acids is 2. The lowest BCUT2D eigenvalue weighted by molar-refractivity contribution is -0.126. The molecule has 1 saturated heterocycles. The number of likely N-dealkylation sites (tertiary alicyclic amines) is 1. The molecule has 24 heavy (non-hydrogen) atoms. The molecule has 6 nitrogen and oxygen atoms in total. The van der Waals surface area contributed by atoms with Crippen LogP contribution in [0.15, 0.2) is 5.38 Å². The first-order valence-electron chi connectivity index (χ1n) is 8.30. The minimum Gasteiger partial charge on any atom is -0.356 e. The van der Waals surface area contributed by atoms with Gasteiger partial charge in [-0.25, -0.2) is 4.98 Å². The molecule has 0 radical (unpaired) electrons. The van der Waals surface area contributed by atoms with Crippen LogP contribution in [-0.2, 0) is 11.3 Å². The normalized spacial score (nSPS) is 20.4. The van der Waals surface area contributed by atoms with Gasteiger partial charge in [-0.15, -0.1) is 23.7 Å². The molecule has 0 aliphatic carbocycles. The Morgan fingerprint density at radius 2 is 2.21 bits per heavy atom. The Hall–Kier alpha value is -1.18. The predicted molar refractivity (Wildman–Crippen MR) is 98.4 cm³/mol. The first kappa shape index (κ1) is 20.9. The van der Waals surface area contributed by atoms with Gasteiger partial charge in [0.2, 0.25) is 5.91 Å². The fourth-order valence-electron chi connectivity index (χ4n) is 2.79. The number of unbranched alkanes of at least 4 members (excludes halogenated alkanes) is 1. The van der Waals surface area contributed by atoms with E-state index in [1.54, 1.807) is 10.3 Å². The van der Waals surface area contributed by atoms with E-state index in [-0.39, 0.29) is 36.2 Å². The maximum atomic E-state index is 12.7. The molecule has 0 bridgehead atoms. The Kier molecular flexibility index (Phi) is 8.66. The Morgan fingerprint density at radius 1 is 1.46 bits per heavy atom. The lowest BCUT2D eigenvalue weighted by Crippen LogP contribution is -2.49. The molecule has 1 fully saturated rings. The number of thiazole rings is 1. The van der Waals surface area contributed by atoms with Crippen LogP contribution in [0.5, 0.6) is 0 Å². The van der Waals surface area contributed by atoms with Gasteiger partial charge < -0.3 is 16.0 Å². The van der Waals surface area contributed by atoms with Gasteiger partial charge in [0.25, 0.3) is 5.91 Å². The minimum absolute atomic E-state index is 0. The van der Waals surface area contributed by atoms with Crippen LogP contribution >= 0.6 is 23.7 Å². The average Bonchev–Trinajstić information content (AvgIpc) is 3.04. The second-order valence-corrected chi connectivity index (χ2v) is 7.00. The zero-order chi connectivity index (χ0) is 16.8. The molecule has 3 N–H and O–H groups in total. The van der Waals surface area contributed by atoms with Crippen LogP contribution in [-0.4, -0.2) is 40.8 Å². The second-order valence-electron chi connectivity index (χ2n) is 6.06. The van der Waals surface area contributed by atoms with E-state index in [0.29, 0.717) is 25.3 Å². The van der Waals surface area contributed by atoms with Gasteiger partial charge in [-0.05, 0) is 26.2 Å². The highest BCUT2D eigenvalue weighted by molar-refractivity contribution is 7.09. The maximum Gasteiger partial charge on any atom is 0.273 e. The lowest BCUT2D eigenvalue weighted by Gasteiger charge is -2.37. The standard InChI is InChI=1S/C16H26N4O2S.ClH/c1-3-4-7-18-15(21)12-6-5-11(2)20(9-12)16(22)13-10-23-14(8-17)19-13;/h10-12H,3-9,17H2,1-2H3,(H,18,21);1H. The molecule has 0 spiro atoms. The van der Waals surface area contributed by atoms with E-state index in [4.69, 9.17) is 5.73 Å². The molecule has 0 saturated carbocycles. The molecule has 2 unspecified atom stereocenters. The molecular formula is C16H27ClN4O2S. The molecule has 2 rings (SSSR count). The number of halogens is 1. The highest BCUT2D eigenvalue weighted by Gasteiger charge is 2.33. The third kappa shape index (κ3) is 5.16. The van der Waals surface area contributed by atoms with E-state index in [0.717, 1.165) is 30.7 Å². The topological polar surface area (TPSA) is 88.3 Å². The summed E-state index contributed by atoms with van der Waals surface area (Å²) in [5.41, 5.74) is 6.00. The van der Waals surface area contributed by atoms with Crippen molar-refractivity contribution in [2.45, 2.75) is 52.1 Å². The van der Waals surface area contributed by atoms with E-state index in [1.165, 1.54) is 11.3 Å². The third-order valence-corrected chi connectivity index (χ3v) is 5.16. The van der Waals surface area contributed by atoms with Crippen molar-refractivity contribution in [2.75, 3.05) is 13.1 Å². The summed E-state index contributed by atoms with van der Waals surface area (Å²) in [4.78, 5) is 31.0. The summed E-state index contributed by atoms with van der Waals surface area (Å²) >= 11 is 1.40. The molecular weight excluding hydrogens is 348 g/mol. The number of hydrogen-bond donors (Lipinski definition) is 2. The summed E-state index contributed by atoms with van der Waals surface area (Å²) in [6.07, 6.45) is 3.71. The Labute approximate surface area is 153 Å². The highest BCUT2D eigenvalue weighted by atomic mass is 35.5. The van der Waals surface area contributed by atoms with Crippen molar-refractivity contribution in [3.8, 4) is 0 Å². The van der Waals surface area contributed by atoms with Crippen molar-refractivity contribution in [3.63, 3.8) is 0 Å². The zero-order valence-electron chi connectivity index (χ0n) is 14.3. The van der Waals surface area contributed by atoms with Gasteiger partial charge in [-0.2, -0.15) is 0 Å². The summed E-state index contributed by atoms with van der Waals surface area (Å²) in [7, 11) is 0. The maximum absolute atomic E-state index is 12.7. The first-order chi connectivity index (χ1) is 11.1. The molecule has 0 aromatic carbocycles. The molecule has 2 atom stereocenters. The molecule has 1 aliphatic rings. The first-order valence-corrected chi connectivity index (χ1v) is 9.17. The average molecular weight is 375 g/mol. The van der Waals surface area contributed by atoms with Crippen molar-refractivity contribution in [1.82, 2.24) is 15.2 Å². The van der Waals surface area contributed by atoms with Gasteiger partial charge >= 0.3 is 0 Å². The quantitative estimate of drug-likeness (QED) is 0.747. The molecule has 2 amide bonds. The molecule has 1 aromatic rings. The number of nitrogens with zero attached hydrogens (tertiary/aromatic N) is 2. The van der Waals surface area contributed by atoms with Crippen molar-refractivity contribution >= 4 is 35.6 Å². The van der Waals surface area contributed by atoms with Gasteiger partial charge in [0.15, 0.2) is 0 Å². The number of carbonyl (C=O) groups is 2. The van der Waals surface area contributed by atoms with E-state index >= 15 is 0 Å². The van der Waals surface area contributed by atoms with Crippen LogP contribution in [0.3, 0.4) is 0 Å². The molecule has 2 heterocycles. The van der Waals surface area contributed by atoms with Crippen molar-refractivity contribution in [3.05, 3.63) is 16.1 Å². The largest absolute Gasteiger partial charge is 0.356 e. The summed E-state index contributed by atoms with van der Waals surface area (Å²) < 4.78 is 0. The van der Waals surface area contributed by atoms with Crippen LogP contribution in [0.1, 0.15) is 55.0 Å². The smallest absolute Gasteiger partial charge is 0.273 e. The number of hydrogen-bond acceptors (Lipinski definition) is 5. The van der Waals surface area contributed by atoms with Gasteiger partial charge in [-0.1, -0.05) is 13.3 Å². The minimum atomic E-state index is -0.125. The number of nitrogens with two attached hydrogens (primary N) is 1. The van der Waals surface area contributed by atoms with E-state index in [1.807, 2.05) is 6.92 Å². The van der Waals surface area contributed by atoms with Crippen LogP contribution in [0.25, 0.3) is 0 Å². The van der Waals surface area contributed by atoms with Crippen molar-refractivity contribution < 1.29 is 9.59 Å². The summed E-state index contributed by atoms with van der Waals surface area (Å²) in [5, 5.41) is 5.48. The van der Waals surface area contributed by atoms with Gasteiger partial charge in [0.1, 0.15) is 10.7 Å². The van der Waals surface area contributed by atoms with Crippen molar-refractivity contribution in [1.29, 1.82) is 0 Å². The number of nitrogens with one attached hydrogen (secondary N) is 1. The van der Waals surface area contributed by atoms with Crippen LogP contribution in [0.2, 0.25) is 0 Å². The molecule has 1 aromatic heterocycles. The summed E-state index contributed by atoms with van der Waals surface area (Å²) in [5.74, 6) is -0.164.